The van der Waals surface area contributed by atoms with Gasteiger partial charge in [-0.1, -0.05) is 0 Å². The third-order valence-corrected chi connectivity index (χ3v) is 1.96. The van der Waals surface area contributed by atoms with Gasteiger partial charge in [0, 0.05) is 103 Å². The standard InChI is InChI=1S/C6H4N4O8.2K/c7-1-2(8(13)14)5(11)4(10(17)18)6(12)3(1)9(15)16;;/h11-12H,7H2;;. The third-order valence-electron chi connectivity index (χ3n) is 1.96. The number of phenols is 2. The Morgan fingerprint density at radius 3 is 1.20 bits per heavy atom. The van der Waals surface area contributed by atoms with Crippen LogP contribution >= 0.6 is 0 Å². The predicted octanol–water partition coefficient (Wildman–Crippen LogP) is -0.357. The van der Waals surface area contributed by atoms with Crippen molar-refractivity contribution in [1.29, 1.82) is 0 Å². The number of nitrogens with zero attached hydrogens (tertiary/aromatic N) is 3. The first-order valence-electron chi connectivity index (χ1n) is 4.00. The number of nitrogens with two attached hydrogens (primary N) is 1. The molecule has 2 radical (unpaired) electrons. The Labute approximate surface area is 194 Å². The van der Waals surface area contributed by atoms with E-state index in [1.54, 1.807) is 0 Å². The van der Waals surface area contributed by atoms with Gasteiger partial charge in [-0.25, -0.2) is 0 Å². The minimum atomic E-state index is -1.55. The van der Waals surface area contributed by atoms with Gasteiger partial charge in [-0.2, -0.15) is 0 Å². The number of nitrogen functional groups attached to an aromatic ring is 1. The number of phenolic OH excluding ortho intramolecular Hbond substituents is 2. The Bertz CT molecular complexity index is 489. The quantitative estimate of drug-likeness (QED) is 0.285. The molecule has 0 aliphatic rings. The van der Waals surface area contributed by atoms with E-state index >= 15 is 0 Å². The van der Waals surface area contributed by atoms with Crippen LogP contribution < -0.4 is 5.73 Å². The molecule has 0 saturated carbocycles. The van der Waals surface area contributed by atoms with Gasteiger partial charge in [0.1, 0.15) is 0 Å². The SMILES string of the molecule is Nc1c([N+](=O)[O-])c(O)c([N+](=O)[O-])c(O)c1[N+](=O)[O-].[K].[K]. The van der Waals surface area contributed by atoms with Gasteiger partial charge in [-0.3, -0.25) is 30.3 Å². The summed E-state index contributed by atoms with van der Waals surface area (Å²) in [4.78, 5) is 27.5. The van der Waals surface area contributed by atoms with Gasteiger partial charge in [0.25, 0.3) is 11.5 Å². The number of hydrogen-bond acceptors (Lipinski definition) is 9. The molecule has 0 saturated heterocycles. The molecule has 20 heavy (non-hydrogen) atoms. The van der Waals surface area contributed by atoms with E-state index in [4.69, 9.17) is 5.73 Å². The monoisotopic (exact) mass is 338 g/mol. The number of aromatic hydroxyl groups is 2. The van der Waals surface area contributed by atoms with Crippen LogP contribution in [0.25, 0.3) is 0 Å². The summed E-state index contributed by atoms with van der Waals surface area (Å²) >= 11 is 0. The van der Waals surface area contributed by atoms with E-state index in [2.05, 4.69) is 0 Å². The largest absolute Gasteiger partial charge is 0.497 e. The normalized spacial score (nSPS) is 9.00. The second-order valence-electron chi connectivity index (χ2n) is 2.93. The van der Waals surface area contributed by atoms with Crippen LogP contribution in [0.1, 0.15) is 0 Å². The zero-order chi connectivity index (χ0) is 14.2. The first-order valence-corrected chi connectivity index (χ1v) is 4.00. The third kappa shape index (κ3) is 4.06. The molecule has 0 fully saturated rings. The topological polar surface area (TPSA) is 196 Å². The van der Waals surface area contributed by atoms with Gasteiger partial charge in [0.05, 0.1) is 14.8 Å². The minimum absolute atomic E-state index is 0. The van der Waals surface area contributed by atoms with E-state index in [9.17, 15) is 40.6 Å². The molecule has 1 aromatic carbocycles. The molecule has 1 rings (SSSR count). The molecule has 0 atom stereocenters. The molecule has 12 nitrogen and oxygen atoms in total. The molecule has 0 aromatic heterocycles. The first kappa shape index (κ1) is 22.4. The fourth-order valence-electron chi connectivity index (χ4n) is 1.25. The van der Waals surface area contributed by atoms with Gasteiger partial charge in [-0.15, -0.1) is 0 Å². The van der Waals surface area contributed by atoms with Gasteiger partial charge in [0.15, 0.2) is 5.69 Å². The van der Waals surface area contributed by atoms with Crippen molar-refractivity contribution in [3.63, 3.8) is 0 Å². The van der Waals surface area contributed by atoms with Crippen molar-refractivity contribution in [1.82, 2.24) is 0 Å². The van der Waals surface area contributed by atoms with Crippen LogP contribution in [0, 0.1) is 30.3 Å². The van der Waals surface area contributed by atoms with E-state index < -0.39 is 49.0 Å². The van der Waals surface area contributed by atoms with Crippen LogP contribution in [0.2, 0.25) is 0 Å². The van der Waals surface area contributed by atoms with E-state index in [1.165, 1.54) is 0 Å². The van der Waals surface area contributed by atoms with E-state index in [1.807, 2.05) is 0 Å². The molecule has 0 bridgehead atoms. The molecule has 98 valence electrons. The smallest absolute Gasteiger partial charge is 0.366 e. The molecule has 4 N–H and O–H groups in total. The average molecular weight is 338 g/mol. The number of anilines is 1. The van der Waals surface area contributed by atoms with Crippen molar-refractivity contribution in [2.45, 2.75) is 0 Å². The van der Waals surface area contributed by atoms with E-state index in [0.29, 0.717) is 0 Å². The summed E-state index contributed by atoms with van der Waals surface area (Å²) in [5, 5.41) is 50.1. The average Bonchev–Trinajstić information content (AvgIpc) is 2.14. The molecule has 0 heterocycles. The number of hydrogen-bond donors (Lipinski definition) is 3. The maximum absolute atomic E-state index is 10.5. The van der Waals surface area contributed by atoms with Gasteiger partial charge >= 0.3 is 17.1 Å². The van der Waals surface area contributed by atoms with Crippen LogP contribution in [-0.4, -0.2) is 128 Å². The maximum atomic E-state index is 10.5. The Morgan fingerprint density at radius 2 is 1.00 bits per heavy atom. The molecule has 1 aromatic rings. The van der Waals surface area contributed by atoms with Gasteiger partial charge < -0.3 is 15.9 Å². The van der Waals surface area contributed by atoms with Crippen molar-refractivity contribution in [2.75, 3.05) is 5.73 Å². The summed E-state index contributed by atoms with van der Waals surface area (Å²) in [6.45, 7) is 0. The predicted molar refractivity (Wildman–Crippen MR) is 65.7 cm³/mol. The zero-order valence-corrected chi connectivity index (χ0v) is 16.5. The Balaban J connectivity index is 0. The molecule has 0 spiro atoms. The van der Waals surface area contributed by atoms with Crippen molar-refractivity contribution in [3.05, 3.63) is 30.3 Å². The minimum Gasteiger partial charge on any atom is -0.497 e. The van der Waals surface area contributed by atoms with Crippen LogP contribution in [0.15, 0.2) is 0 Å². The fourth-order valence-corrected chi connectivity index (χ4v) is 1.25. The summed E-state index contributed by atoms with van der Waals surface area (Å²) in [6, 6.07) is 0. The summed E-state index contributed by atoms with van der Waals surface area (Å²) < 4.78 is 0. The van der Waals surface area contributed by atoms with Crippen molar-refractivity contribution in [3.8, 4) is 11.5 Å². The van der Waals surface area contributed by atoms with Crippen LogP contribution in [0.4, 0.5) is 22.7 Å². The zero-order valence-electron chi connectivity index (χ0n) is 10.3. The molecule has 0 aliphatic carbocycles. The van der Waals surface area contributed by atoms with E-state index in [-0.39, 0.29) is 103 Å². The molecule has 0 amide bonds. The Hall–Kier alpha value is 0.0927. The molecular formula is C6H4K2N4O8. The second-order valence-corrected chi connectivity index (χ2v) is 2.93. The summed E-state index contributed by atoms with van der Waals surface area (Å²) in [7, 11) is 0. The van der Waals surface area contributed by atoms with Crippen LogP contribution in [0.3, 0.4) is 0 Å². The fraction of sp³-hybridized carbons (Fsp3) is 0. The summed E-state index contributed by atoms with van der Waals surface area (Å²) in [5.74, 6) is -3.10. The van der Waals surface area contributed by atoms with E-state index in [0.717, 1.165) is 0 Å². The number of nitro groups is 3. The summed E-state index contributed by atoms with van der Waals surface area (Å²) in [6.07, 6.45) is 0. The molecule has 14 heteroatoms. The van der Waals surface area contributed by atoms with Gasteiger partial charge in [-0.05, 0) is 0 Å². The summed E-state index contributed by atoms with van der Waals surface area (Å²) in [5.41, 5.74) is -0.520. The first-order chi connectivity index (χ1) is 8.20. The van der Waals surface area contributed by atoms with Crippen molar-refractivity contribution < 1.29 is 25.0 Å². The van der Waals surface area contributed by atoms with Gasteiger partial charge in [0.2, 0.25) is 0 Å². The Morgan fingerprint density at radius 1 is 0.750 bits per heavy atom. The number of benzene rings is 1. The number of nitro benzene ring substituents is 3. The number of rotatable bonds is 3. The second kappa shape index (κ2) is 8.51. The maximum Gasteiger partial charge on any atom is 0.366 e. The van der Waals surface area contributed by atoms with Crippen molar-refractivity contribution in [2.24, 2.45) is 0 Å². The molecule has 0 aliphatic heterocycles. The van der Waals surface area contributed by atoms with Crippen molar-refractivity contribution >= 4 is 126 Å². The van der Waals surface area contributed by atoms with Crippen LogP contribution in [0.5, 0.6) is 11.5 Å². The molecule has 0 unspecified atom stereocenters. The van der Waals surface area contributed by atoms with Crippen LogP contribution in [-0.2, 0) is 0 Å². The Kier molecular flexibility index (Phi) is 9.53. The molecular weight excluding hydrogens is 334 g/mol.